The van der Waals surface area contributed by atoms with Gasteiger partial charge in [0.05, 0.1) is 24.5 Å². The lowest BCUT2D eigenvalue weighted by atomic mass is 10.1. The quantitative estimate of drug-likeness (QED) is 0.789. The van der Waals surface area contributed by atoms with Gasteiger partial charge >= 0.3 is 0 Å². The first-order valence-electron chi connectivity index (χ1n) is 4.16. The normalized spacial score (nSPS) is 19.2. The highest BCUT2D eigenvalue weighted by molar-refractivity contribution is 9.10. The Morgan fingerprint density at radius 2 is 2.00 bits per heavy atom. The molecule has 76 valence electrons. The number of nitrogens with zero attached hydrogens (tertiary/aromatic N) is 1. The lowest BCUT2D eigenvalue weighted by molar-refractivity contribution is -0.0261. The molecule has 14 heavy (non-hydrogen) atoms. The van der Waals surface area contributed by atoms with E-state index in [1.165, 1.54) is 0 Å². The molecule has 1 aromatic rings. The van der Waals surface area contributed by atoms with Crippen molar-refractivity contribution in [1.82, 2.24) is 0 Å². The Labute approximate surface area is 88.8 Å². The first-order chi connectivity index (χ1) is 6.48. The van der Waals surface area contributed by atoms with E-state index >= 15 is 0 Å². The number of alkyl halides is 2. The predicted molar refractivity (Wildman–Crippen MR) is 55.7 cm³/mol. The maximum absolute atomic E-state index is 12.6. The smallest absolute Gasteiger partial charge is 0.282 e. The van der Waals surface area contributed by atoms with Gasteiger partial charge in [0, 0.05) is 4.47 Å². The van der Waals surface area contributed by atoms with Gasteiger partial charge in [-0.2, -0.15) is 0 Å². The van der Waals surface area contributed by atoms with Crippen molar-refractivity contribution in [2.45, 2.75) is 5.92 Å². The van der Waals surface area contributed by atoms with Crippen LogP contribution in [0.2, 0.25) is 0 Å². The van der Waals surface area contributed by atoms with E-state index in [1.807, 2.05) is 0 Å². The number of nitrogen functional groups attached to an aromatic ring is 1. The third-order valence-electron chi connectivity index (χ3n) is 2.17. The summed E-state index contributed by atoms with van der Waals surface area (Å²) in [4.78, 5) is 1.57. The van der Waals surface area contributed by atoms with E-state index in [2.05, 4.69) is 15.9 Å². The summed E-state index contributed by atoms with van der Waals surface area (Å²) in [5.74, 6) is -2.56. The molecule has 2 nitrogen and oxygen atoms in total. The molecule has 0 unspecified atom stereocenters. The van der Waals surface area contributed by atoms with Crippen LogP contribution in [0.25, 0.3) is 0 Å². The van der Waals surface area contributed by atoms with E-state index in [0.29, 0.717) is 11.4 Å². The van der Waals surface area contributed by atoms with Gasteiger partial charge < -0.3 is 10.6 Å². The highest BCUT2D eigenvalue weighted by Gasteiger charge is 2.44. The zero-order valence-electron chi connectivity index (χ0n) is 7.30. The molecule has 0 spiro atoms. The lowest BCUT2D eigenvalue weighted by Gasteiger charge is -2.40. The summed E-state index contributed by atoms with van der Waals surface area (Å²) in [5.41, 5.74) is 6.91. The highest BCUT2D eigenvalue weighted by Crippen LogP contribution is 2.35. The number of nitrogens with two attached hydrogens (primary N) is 1. The molecular weight excluding hydrogens is 254 g/mol. The fourth-order valence-electron chi connectivity index (χ4n) is 1.50. The number of hydrogen-bond acceptors (Lipinski definition) is 2. The van der Waals surface area contributed by atoms with Crippen LogP contribution in [0.3, 0.4) is 0 Å². The van der Waals surface area contributed by atoms with E-state index in [0.717, 1.165) is 4.47 Å². The summed E-state index contributed by atoms with van der Waals surface area (Å²) < 4.78 is 26.0. The van der Waals surface area contributed by atoms with E-state index < -0.39 is 5.92 Å². The van der Waals surface area contributed by atoms with Crippen molar-refractivity contribution in [2.75, 3.05) is 23.7 Å². The first-order valence-corrected chi connectivity index (χ1v) is 4.95. The van der Waals surface area contributed by atoms with E-state index in [4.69, 9.17) is 5.73 Å². The molecule has 0 radical (unpaired) electrons. The zero-order valence-corrected chi connectivity index (χ0v) is 8.89. The Hall–Kier alpha value is -0.840. The molecule has 5 heteroatoms. The van der Waals surface area contributed by atoms with Gasteiger partial charge in [-0.25, -0.2) is 8.78 Å². The molecule has 0 saturated carbocycles. The SMILES string of the molecule is Nc1cc(Br)ccc1N1CC(F)(F)C1. The fraction of sp³-hybridized carbons (Fsp3) is 0.333. The second-order valence-electron chi connectivity index (χ2n) is 3.42. The summed E-state index contributed by atoms with van der Waals surface area (Å²) >= 11 is 3.26. The fourth-order valence-corrected chi connectivity index (χ4v) is 1.87. The number of benzene rings is 1. The average molecular weight is 263 g/mol. The van der Waals surface area contributed by atoms with E-state index in [-0.39, 0.29) is 13.1 Å². The van der Waals surface area contributed by atoms with Crippen LogP contribution in [-0.2, 0) is 0 Å². The van der Waals surface area contributed by atoms with Gasteiger partial charge in [0.2, 0.25) is 0 Å². The third-order valence-corrected chi connectivity index (χ3v) is 2.67. The van der Waals surface area contributed by atoms with Gasteiger partial charge in [0.25, 0.3) is 5.92 Å². The topological polar surface area (TPSA) is 29.3 Å². The minimum Gasteiger partial charge on any atom is -0.397 e. The second-order valence-corrected chi connectivity index (χ2v) is 4.33. The molecule has 1 saturated heterocycles. The van der Waals surface area contributed by atoms with Crippen LogP contribution < -0.4 is 10.6 Å². The number of rotatable bonds is 1. The minimum atomic E-state index is -2.56. The number of halogens is 3. The Morgan fingerprint density at radius 3 is 2.50 bits per heavy atom. The van der Waals surface area contributed by atoms with Gasteiger partial charge in [-0.05, 0) is 18.2 Å². The maximum Gasteiger partial charge on any atom is 0.282 e. The number of hydrogen-bond donors (Lipinski definition) is 1. The summed E-state index contributed by atoms with van der Waals surface area (Å²) in [6, 6.07) is 5.25. The molecule has 0 aromatic heterocycles. The van der Waals surface area contributed by atoms with Crippen LogP contribution in [0.4, 0.5) is 20.2 Å². The molecule has 0 atom stereocenters. The Morgan fingerprint density at radius 1 is 1.36 bits per heavy atom. The van der Waals surface area contributed by atoms with Crippen molar-refractivity contribution in [2.24, 2.45) is 0 Å². The molecule has 1 aliphatic heterocycles. The summed E-state index contributed by atoms with van der Waals surface area (Å²) in [5, 5.41) is 0. The molecule has 0 aliphatic carbocycles. The van der Waals surface area contributed by atoms with Gasteiger partial charge in [-0.3, -0.25) is 0 Å². The van der Waals surface area contributed by atoms with Crippen LogP contribution in [-0.4, -0.2) is 19.0 Å². The Balaban J connectivity index is 2.19. The second kappa shape index (κ2) is 3.08. The van der Waals surface area contributed by atoms with Crippen LogP contribution in [0, 0.1) is 0 Å². The largest absolute Gasteiger partial charge is 0.397 e. The molecule has 2 N–H and O–H groups in total. The van der Waals surface area contributed by atoms with Crippen LogP contribution in [0.1, 0.15) is 0 Å². The molecule has 1 aromatic carbocycles. The Kier molecular flexibility index (Phi) is 2.14. The minimum absolute atomic E-state index is 0.237. The van der Waals surface area contributed by atoms with Crippen LogP contribution >= 0.6 is 15.9 Å². The van der Waals surface area contributed by atoms with Gasteiger partial charge in [-0.1, -0.05) is 15.9 Å². The number of anilines is 2. The van der Waals surface area contributed by atoms with Gasteiger partial charge in [0.15, 0.2) is 0 Å². The summed E-state index contributed by atoms with van der Waals surface area (Å²) in [6.45, 7) is -0.475. The summed E-state index contributed by atoms with van der Waals surface area (Å²) in [6.07, 6.45) is 0. The molecule has 1 heterocycles. The van der Waals surface area contributed by atoms with Gasteiger partial charge in [0.1, 0.15) is 0 Å². The van der Waals surface area contributed by atoms with E-state index in [1.54, 1.807) is 23.1 Å². The monoisotopic (exact) mass is 262 g/mol. The molecule has 0 amide bonds. The van der Waals surface area contributed by atoms with Crippen molar-refractivity contribution in [1.29, 1.82) is 0 Å². The molecule has 1 aliphatic rings. The van der Waals surface area contributed by atoms with Crippen molar-refractivity contribution < 1.29 is 8.78 Å². The Bertz CT molecular complexity index is 360. The summed E-state index contributed by atoms with van der Waals surface area (Å²) in [7, 11) is 0. The average Bonchev–Trinajstić information content (AvgIpc) is 2.00. The molecule has 2 rings (SSSR count). The van der Waals surface area contributed by atoms with Crippen molar-refractivity contribution in [3.05, 3.63) is 22.7 Å². The maximum atomic E-state index is 12.6. The van der Waals surface area contributed by atoms with Crippen molar-refractivity contribution >= 4 is 27.3 Å². The van der Waals surface area contributed by atoms with Crippen molar-refractivity contribution in [3.63, 3.8) is 0 Å². The molecular formula is C9H9BrF2N2. The van der Waals surface area contributed by atoms with Crippen LogP contribution in [0.5, 0.6) is 0 Å². The standard InChI is InChI=1S/C9H9BrF2N2/c10-6-1-2-8(7(13)3-6)14-4-9(11,12)5-14/h1-3H,4-5,13H2. The first kappa shape index (κ1) is 9.71. The van der Waals surface area contributed by atoms with Crippen molar-refractivity contribution in [3.8, 4) is 0 Å². The zero-order chi connectivity index (χ0) is 10.3. The van der Waals surface area contributed by atoms with Crippen LogP contribution in [0.15, 0.2) is 22.7 Å². The highest BCUT2D eigenvalue weighted by atomic mass is 79.9. The molecule has 1 fully saturated rings. The lowest BCUT2D eigenvalue weighted by Crippen LogP contribution is -2.56. The van der Waals surface area contributed by atoms with Gasteiger partial charge in [-0.15, -0.1) is 0 Å². The third kappa shape index (κ3) is 1.68. The van der Waals surface area contributed by atoms with E-state index in [9.17, 15) is 8.78 Å². The predicted octanol–water partition coefficient (Wildman–Crippen LogP) is 2.49. The molecule has 0 bridgehead atoms.